The van der Waals surface area contributed by atoms with Crippen molar-refractivity contribution in [3.8, 4) is 0 Å². The van der Waals surface area contributed by atoms with Crippen molar-refractivity contribution >= 4 is 30.7 Å². The molecule has 0 saturated carbocycles. The van der Waals surface area contributed by atoms with E-state index in [1.165, 1.54) is 11.3 Å². The molecule has 0 unspecified atom stereocenters. The Morgan fingerprint density at radius 3 is 2.37 bits per heavy atom. The summed E-state index contributed by atoms with van der Waals surface area (Å²) in [6, 6.07) is 0. The summed E-state index contributed by atoms with van der Waals surface area (Å²) in [6.07, 6.45) is 1.29. The maximum atomic E-state index is 12.4. The minimum Gasteiger partial charge on any atom is -0.406 e. The number of hydrogen-bond acceptors (Lipinski definition) is 6. The Morgan fingerprint density at radius 2 is 1.90 bits per heavy atom. The van der Waals surface area contributed by atoms with Gasteiger partial charge in [0.2, 0.25) is 5.91 Å². The van der Waals surface area contributed by atoms with Gasteiger partial charge in [-0.15, -0.1) is 0 Å². The third-order valence-corrected chi connectivity index (χ3v) is 12.0. The zero-order chi connectivity index (χ0) is 23.1. The predicted octanol–water partition coefficient (Wildman–Crippen LogP) is 5.98. The van der Waals surface area contributed by atoms with Crippen LogP contribution in [0.2, 0.25) is 18.1 Å². The highest BCUT2D eigenvalue weighted by Gasteiger charge is 2.48. The average Bonchev–Trinajstić information content (AvgIpc) is 3.17. The first-order valence-corrected chi connectivity index (χ1v) is 14.5. The topological polar surface area (TPSA) is 69.7 Å². The Balaban J connectivity index is 2.33. The van der Waals surface area contributed by atoms with Gasteiger partial charge < -0.3 is 19.2 Å². The fraction of sp³-hybridized carbons (Fsp3) is 0.818. The molecular formula is C22H40N2O4SSi. The highest BCUT2D eigenvalue weighted by Crippen LogP contribution is 2.48. The van der Waals surface area contributed by atoms with Gasteiger partial charge in [0.1, 0.15) is 12.2 Å². The van der Waals surface area contributed by atoms with E-state index in [1.54, 1.807) is 6.20 Å². The quantitative estimate of drug-likeness (QED) is 0.511. The third-order valence-electron chi connectivity index (χ3n) is 6.49. The fourth-order valence-corrected chi connectivity index (χ4v) is 6.69. The van der Waals surface area contributed by atoms with Gasteiger partial charge in [-0.2, -0.15) is 0 Å². The van der Waals surface area contributed by atoms with Crippen molar-refractivity contribution in [1.29, 1.82) is 0 Å². The van der Waals surface area contributed by atoms with Crippen LogP contribution in [-0.4, -0.2) is 37.7 Å². The second-order valence-corrected chi connectivity index (χ2v) is 16.7. The van der Waals surface area contributed by atoms with E-state index in [0.29, 0.717) is 17.7 Å². The average molecular weight is 457 g/mol. The van der Waals surface area contributed by atoms with Crippen LogP contribution in [0.1, 0.15) is 73.3 Å². The van der Waals surface area contributed by atoms with E-state index in [4.69, 9.17) is 13.9 Å². The van der Waals surface area contributed by atoms with Crippen LogP contribution < -0.4 is 5.32 Å². The lowest BCUT2D eigenvalue weighted by molar-refractivity contribution is -0.150. The van der Waals surface area contributed by atoms with Crippen LogP contribution in [0.15, 0.2) is 6.20 Å². The highest BCUT2D eigenvalue weighted by molar-refractivity contribution is 7.15. The van der Waals surface area contributed by atoms with Crippen molar-refractivity contribution in [3.63, 3.8) is 0 Å². The summed E-state index contributed by atoms with van der Waals surface area (Å²) in [5.74, 6) is -0.210. The Hall–Kier alpha value is -0.803. The molecule has 1 aromatic rings. The Morgan fingerprint density at radius 1 is 1.30 bits per heavy atom. The van der Waals surface area contributed by atoms with Crippen molar-refractivity contribution in [1.82, 2.24) is 4.98 Å². The van der Waals surface area contributed by atoms with Gasteiger partial charge in [-0.1, -0.05) is 59.8 Å². The molecule has 0 aliphatic carbocycles. The molecule has 1 N–H and O–H groups in total. The molecule has 6 nitrogen and oxygen atoms in total. The van der Waals surface area contributed by atoms with Crippen LogP contribution >= 0.6 is 11.3 Å². The van der Waals surface area contributed by atoms with Crippen LogP contribution in [-0.2, 0) is 18.7 Å². The number of nitrogens with zero attached hydrogens (tertiary/aromatic N) is 1. The number of anilines is 1. The molecule has 1 saturated heterocycles. The van der Waals surface area contributed by atoms with Crippen molar-refractivity contribution in [3.05, 3.63) is 11.1 Å². The number of hydrogen-bond donors (Lipinski definition) is 1. The minimum absolute atomic E-state index is 0.0573. The van der Waals surface area contributed by atoms with E-state index in [0.717, 1.165) is 4.88 Å². The van der Waals surface area contributed by atoms with Gasteiger partial charge in [0.25, 0.3) is 0 Å². The number of carbonyl (C=O) groups is 1. The molecule has 0 radical (unpaired) electrons. The van der Waals surface area contributed by atoms with Crippen LogP contribution in [0.3, 0.4) is 0 Å². The van der Waals surface area contributed by atoms with Crippen molar-refractivity contribution in [2.45, 2.75) is 98.4 Å². The molecular weight excluding hydrogens is 416 g/mol. The summed E-state index contributed by atoms with van der Waals surface area (Å²) in [5.41, 5.74) is -0.482. The van der Waals surface area contributed by atoms with Gasteiger partial charge in [0.05, 0.1) is 11.5 Å². The number of ether oxygens (including phenoxy) is 2. The molecule has 0 bridgehead atoms. The molecule has 0 aromatic carbocycles. The molecule has 1 amide bonds. The van der Waals surface area contributed by atoms with Crippen LogP contribution in [0.25, 0.3) is 0 Å². The number of aromatic nitrogens is 1. The lowest BCUT2D eigenvalue weighted by Gasteiger charge is -2.45. The van der Waals surface area contributed by atoms with Gasteiger partial charge in [-0.25, -0.2) is 4.98 Å². The lowest BCUT2D eigenvalue weighted by atomic mass is 9.96. The first kappa shape index (κ1) is 25.5. The largest absolute Gasteiger partial charge is 0.406 e. The summed E-state index contributed by atoms with van der Waals surface area (Å²) < 4.78 is 18.9. The molecule has 1 aromatic heterocycles. The van der Waals surface area contributed by atoms with Gasteiger partial charge >= 0.3 is 0 Å². The zero-order valence-electron chi connectivity index (χ0n) is 20.5. The van der Waals surface area contributed by atoms with E-state index >= 15 is 0 Å². The summed E-state index contributed by atoms with van der Waals surface area (Å²) in [6.45, 7) is 23.6. The number of carbonyl (C=O) groups excluding carboxylic acids is 1. The first-order valence-electron chi connectivity index (χ1n) is 10.7. The molecule has 0 spiro atoms. The van der Waals surface area contributed by atoms with Crippen molar-refractivity contribution in [2.75, 3.05) is 11.9 Å². The maximum absolute atomic E-state index is 12.4. The standard InChI is InChI=1S/C22H40N2O4SSi/c1-14(2)21(6,7)30(10,11)28-17(15-13-26-22(8,9)27-15)16-12-23-19(29-16)24-18(25)20(3,4)5/h12,14-15,17H,13H2,1-11H3,(H,23,24,25)/t15-,17-/m1/s1. The number of nitrogens with one attached hydrogen (secondary N) is 1. The van der Waals surface area contributed by atoms with Crippen molar-refractivity contribution < 1.29 is 18.7 Å². The molecule has 2 heterocycles. The van der Waals surface area contributed by atoms with Crippen LogP contribution in [0.4, 0.5) is 5.13 Å². The highest BCUT2D eigenvalue weighted by atomic mass is 32.1. The lowest BCUT2D eigenvalue weighted by Crippen LogP contribution is -2.47. The van der Waals surface area contributed by atoms with Gasteiger partial charge in [0.15, 0.2) is 19.2 Å². The molecule has 30 heavy (non-hydrogen) atoms. The number of rotatable bonds is 7. The molecule has 2 rings (SSSR count). The number of amides is 1. The van der Waals surface area contributed by atoms with Crippen LogP contribution in [0, 0.1) is 11.3 Å². The minimum atomic E-state index is -2.15. The van der Waals surface area contributed by atoms with Gasteiger partial charge in [0, 0.05) is 11.6 Å². The second-order valence-electron chi connectivity index (χ2n) is 11.1. The molecule has 8 heteroatoms. The number of thiazole rings is 1. The van der Waals surface area contributed by atoms with E-state index < -0.39 is 19.5 Å². The Kier molecular flexibility index (Phi) is 7.31. The summed E-state index contributed by atoms with van der Waals surface area (Å²) in [7, 11) is -2.15. The predicted molar refractivity (Wildman–Crippen MR) is 125 cm³/mol. The third kappa shape index (κ3) is 5.71. The molecule has 1 fully saturated rings. The van der Waals surface area contributed by atoms with Gasteiger partial charge in [-0.3, -0.25) is 4.79 Å². The Bertz CT molecular complexity index is 753. The fourth-order valence-electron chi connectivity index (χ4n) is 3.11. The summed E-state index contributed by atoms with van der Waals surface area (Å²) in [5, 5.41) is 3.57. The van der Waals surface area contributed by atoms with Crippen molar-refractivity contribution in [2.24, 2.45) is 11.3 Å². The van der Waals surface area contributed by atoms with E-state index in [9.17, 15) is 4.79 Å². The first-order chi connectivity index (χ1) is 13.5. The molecule has 1 aliphatic heterocycles. The monoisotopic (exact) mass is 456 g/mol. The van der Waals surface area contributed by atoms with Gasteiger partial charge in [-0.05, 0) is 37.9 Å². The SMILES string of the molecule is CC(C)C(C)(C)[Si](C)(C)O[C@@H](c1cnc(NC(=O)C(C)(C)C)s1)[C@H]1COC(C)(C)O1. The molecule has 1 aliphatic rings. The molecule has 172 valence electrons. The summed E-state index contributed by atoms with van der Waals surface area (Å²) >= 11 is 1.45. The van der Waals surface area contributed by atoms with Crippen LogP contribution in [0.5, 0.6) is 0 Å². The zero-order valence-corrected chi connectivity index (χ0v) is 22.3. The normalized spacial score (nSPS) is 21.1. The second kappa shape index (κ2) is 8.62. The smallest absolute Gasteiger partial charge is 0.231 e. The van der Waals surface area contributed by atoms with E-state index in [1.807, 2.05) is 34.6 Å². The maximum Gasteiger partial charge on any atom is 0.231 e. The Labute approximate surface area is 187 Å². The van der Waals surface area contributed by atoms with E-state index in [-0.39, 0.29) is 23.2 Å². The van der Waals surface area contributed by atoms with E-state index in [2.05, 4.69) is 51.1 Å². The summed E-state index contributed by atoms with van der Waals surface area (Å²) in [4.78, 5) is 17.8. The molecule has 2 atom stereocenters.